The molecule has 0 aromatic heterocycles. The molecule has 0 radical (unpaired) electrons. The maximum absolute atomic E-state index is 13.5. The third-order valence-electron chi connectivity index (χ3n) is 6.92. The molecule has 174 valence electrons. The number of hydrogen-bond donors (Lipinski definition) is 2. The molecule has 2 aromatic rings. The molecule has 3 N–H and O–H groups in total. The van der Waals surface area contributed by atoms with E-state index in [1.807, 2.05) is 24.3 Å². The molecule has 2 aliphatic rings. The minimum Gasteiger partial charge on any atom is -0.465 e. The van der Waals surface area contributed by atoms with Crippen molar-refractivity contribution in [2.24, 2.45) is 17.6 Å². The summed E-state index contributed by atoms with van der Waals surface area (Å²) in [5, 5.41) is 2.94. The van der Waals surface area contributed by atoms with Crippen molar-refractivity contribution in [3.8, 4) is 0 Å². The Morgan fingerprint density at radius 3 is 2.39 bits per heavy atom. The summed E-state index contributed by atoms with van der Waals surface area (Å²) in [5.41, 5.74) is 8.75. The number of nitrogens with two attached hydrogens (primary N) is 1. The number of ether oxygens (including phenoxy) is 1. The summed E-state index contributed by atoms with van der Waals surface area (Å²) in [7, 11) is 1.33. The molecular weight excluding hydrogens is 418 g/mol. The number of nitrogens with one attached hydrogen (secondary N) is 1. The van der Waals surface area contributed by atoms with Gasteiger partial charge in [0.05, 0.1) is 12.7 Å². The van der Waals surface area contributed by atoms with Crippen molar-refractivity contribution >= 4 is 23.5 Å². The minimum absolute atomic E-state index is 0.0566. The maximum Gasteiger partial charge on any atom is 0.337 e. The molecule has 1 saturated carbocycles. The number of methoxy groups -OCH3 is 1. The second kappa shape index (κ2) is 10.2. The molecule has 1 fully saturated rings. The summed E-state index contributed by atoms with van der Waals surface area (Å²) in [5.74, 6) is -0.204. The van der Waals surface area contributed by atoms with Crippen molar-refractivity contribution in [1.29, 1.82) is 0 Å². The topological polar surface area (TPSA) is 102 Å². The molecule has 0 bridgehead atoms. The number of hydrogen-bond acceptors (Lipinski definition) is 5. The average Bonchev–Trinajstić information content (AvgIpc) is 2.87. The van der Waals surface area contributed by atoms with Crippen LogP contribution in [0.2, 0.25) is 0 Å². The Kier molecular flexibility index (Phi) is 7.08. The predicted molar refractivity (Wildman–Crippen MR) is 126 cm³/mol. The Labute approximate surface area is 194 Å². The van der Waals surface area contributed by atoms with Gasteiger partial charge in [0.2, 0.25) is 5.91 Å². The Hall–Kier alpha value is -3.19. The summed E-state index contributed by atoms with van der Waals surface area (Å²) in [6, 6.07) is 13.7. The van der Waals surface area contributed by atoms with Crippen LogP contribution in [-0.2, 0) is 20.7 Å². The fourth-order valence-electron chi connectivity index (χ4n) is 4.98. The Bertz CT molecular complexity index is 1010. The number of carbonyl (C=O) groups is 3. The van der Waals surface area contributed by atoms with E-state index in [-0.39, 0.29) is 17.7 Å². The maximum atomic E-state index is 13.5. The molecule has 0 unspecified atom stereocenters. The van der Waals surface area contributed by atoms with E-state index in [4.69, 9.17) is 10.5 Å². The smallest absolute Gasteiger partial charge is 0.337 e. The van der Waals surface area contributed by atoms with Crippen molar-refractivity contribution in [1.82, 2.24) is 4.90 Å². The summed E-state index contributed by atoms with van der Waals surface area (Å²) in [4.78, 5) is 40.5. The van der Waals surface area contributed by atoms with Gasteiger partial charge in [-0.05, 0) is 80.0 Å². The minimum atomic E-state index is -0.685. The van der Waals surface area contributed by atoms with Gasteiger partial charge in [-0.2, -0.15) is 0 Å². The lowest BCUT2D eigenvalue weighted by Crippen LogP contribution is -2.48. The second-order valence-corrected chi connectivity index (χ2v) is 8.89. The number of fused-ring (bicyclic) bond motifs is 1. The van der Waals surface area contributed by atoms with Crippen LogP contribution in [0.5, 0.6) is 0 Å². The Balaban J connectivity index is 1.56. The zero-order valence-corrected chi connectivity index (χ0v) is 19.0. The van der Waals surface area contributed by atoms with Crippen LogP contribution in [0.4, 0.5) is 5.69 Å². The number of rotatable bonds is 5. The molecule has 7 nitrogen and oxygen atoms in total. The van der Waals surface area contributed by atoms with E-state index in [0.717, 1.165) is 43.2 Å². The van der Waals surface area contributed by atoms with Gasteiger partial charge in [0.15, 0.2) is 0 Å². The van der Waals surface area contributed by atoms with Crippen LogP contribution in [0.25, 0.3) is 0 Å². The lowest BCUT2D eigenvalue weighted by atomic mass is 9.80. The highest BCUT2D eigenvalue weighted by Crippen LogP contribution is 2.36. The largest absolute Gasteiger partial charge is 0.465 e. The molecule has 1 atom stereocenters. The first-order chi connectivity index (χ1) is 16.0. The zero-order chi connectivity index (χ0) is 23.4. The number of amides is 2. The summed E-state index contributed by atoms with van der Waals surface area (Å²) < 4.78 is 4.73. The Morgan fingerprint density at radius 2 is 1.73 bits per heavy atom. The van der Waals surface area contributed by atoms with Gasteiger partial charge < -0.3 is 20.7 Å². The third kappa shape index (κ3) is 4.93. The summed E-state index contributed by atoms with van der Waals surface area (Å²) in [6.45, 7) is 1.18. The van der Waals surface area contributed by atoms with Crippen molar-refractivity contribution in [2.45, 2.75) is 38.1 Å². The van der Waals surface area contributed by atoms with Crippen molar-refractivity contribution in [3.05, 3.63) is 65.2 Å². The molecule has 1 aliphatic carbocycles. The quantitative estimate of drug-likeness (QED) is 0.682. The molecule has 1 aliphatic heterocycles. The molecule has 0 saturated heterocycles. The summed E-state index contributed by atoms with van der Waals surface area (Å²) >= 11 is 0. The van der Waals surface area contributed by atoms with Crippen molar-refractivity contribution in [2.75, 3.05) is 25.5 Å². The lowest BCUT2D eigenvalue weighted by Gasteiger charge is -2.39. The van der Waals surface area contributed by atoms with Gasteiger partial charge in [-0.3, -0.25) is 9.59 Å². The highest BCUT2D eigenvalue weighted by molar-refractivity contribution is 5.99. The normalized spacial score (nSPS) is 22.2. The number of benzene rings is 2. The highest BCUT2D eigenvalue weighted by atomic mass is 16.5. The molecule has 2 amide bonds. The molecule has 4 rings (SSSR count). The van der Waals surface area contributed by atoms with Gasteiger partial charge in [-0.25, -0.2) is 4.79 Å². The number of carbonyl (C=O) groups excluding carboxylic acids is 3. The van der Waals surface area contributed by atoms with Gasteiger partial charge in [0.1, 0.15) is 6.04 Å². The van der Waals surface area contributed by atoms with Crippen LogP contribution in [0.3, 0.4) is 0 Å². The monoisotopic (exact) mass is 449 g/mol. The molecule has 0 spiro atoms. The zero-order valence-electron chi connectivity index (χ0n) is 19.0. The van der Waals surface area contributed by atoms with E-state index < -0.39 is 12.0 Å². The van der Waals surface area contributed by atoms with Crippen LogP contribution in [0.15, 0.2) is 48.5 Å². The van der Waals surface area contributed by atoms with Gasteiger partial charge >= 0.3 is 5.97 Å². The molecule has 2 aromatic carbocycles. The first kappa shape index (κ1) is 23.0. The van der Waals surface area contributed by atoms with Crippen LogP contribution >= 0.6 is 0 Å². The van der Waals surface area contributed by atoms with E-state index >= 15 is 0 Å². The van der Waals surface area contributed by atoms with Crippen LogP contribution in [0.1, 0.15) is 53.2 Å². The average molecular weight is 450 g/mol. The molecule has 7 heteroatoms. The number of anilines is 1. The van der Waals surface area contributed by atoms with Gasteiger partial charge in [-0.1, -0.05) is 24.3 Å². The van der Waals surface area contributed by atoms with E-state index in [2.05, 4.69) is 5.32 Å². The van der Waals surface area contributed by atoms with E-state index in [1.165, 1.54) is 7.11 Å². The highest BCUT2D eigenvalue weighted by Gasteiger charge is 2.39. The van der Waals surface area contributed by atoms with Gasteiger partial charge in [0, 0.05) is 18.2 Å². The molecule has 33 heavy (non-hydrogen) atoms. The van der Waals surface area contributed by atoms with E-state index in [1.54, 1.807) is 29.2 Å². The van der Waals surface area contributed by atoms with E-state index in [9.17, 15) is 14.4 Å². The van der Waals surface area contributed by atoms with Crippen molar-refractivity contribution in [3.63, 3.8) is 0 Å². The van der Waals surface area contributed by atoms with Crippen LogP contribution < -0.4 is 11.1 Å². The SMILES string of the molecule is COC(=O)c1ccc(NC(=O)[C@@H]2c3ccccc3CCN2C(=O)[C@H]2CC[C@H](CN)CC2)cc1. The first-order valence-corrected chi connectivity index (χ1v) is 11.6. The van der Waals surface area contributed by atoms with Crippen LogP contribution in [0, 0.1) is 11.8 Å². The van der Waals surface area contributed by atoms with Crippen LogP contribution in [-0.4, -0.2) is 42.9 Å². The molecule has 1 heterocycles. The first-order valence-electron chi connectivity index (χ1n) is 11.6. The second-order valence-electron chi connectivity index (χ2n) is 8.89. The fraction of sp³-hybridized carbons (Fsp3) is 0.423. The lowest BCUT2D eigenvalue weighted by molar-refractivity contribution is -0.144. The standard InChI is InChI=1S/C26H31N3O4/c1-33-26(32)20-10-12-21(13-11-20)28-24(30)23-22-5-3-2-4-18(22)14-15-29(23)25(31)19-8-6-17(16-27)7-9-19/h2-5,10-13,17,19,23H,6-9,14-16,27H2,1H3,(H,28,30)/t17-,19-,23-/m0/s1. The summed E-state index contributed by atoms with van der Waals surface area (Å²) in [6.07, 6.45) is 4.30. The predicted octanol–water partition coefficient (Wildman–Crippen LogP) is 3.30. The molecular formula is C26H31N3O4. The number of esters is 1. The third-order valence-corrected chi connectivity index (χ3v) is 6.92. The van der Waals surface area contributed by atoms with Gasteiger partial charge in [0.25, 0.3) is 5.91 Å². The van der Waals surface area contributed by atoms with Crippen molar-refractivity contribution < 1.29 is 19.1 Å². The fourth-order valence-corrected chi connectivity index (χ4v) is 4.98. The number of nitrogens with zero attached hydrogens (tertiary/aromatic N) is 1. The van der Waals surface area contributed by atoms with Gasteiger partial charge in [-0.15, -0.1) is 0 Å². The Morgan fingerprint density at radius 1 is 1.03 bits per heavy atom. The van der Waals surface area contributed by atoms with E-state index in [0.29, 0.717) is 30.3 Å².